The number of benzene rings is 1. The van der Waals surface area contributed by atoms with Gasteiger partial charge < -0.3 is 9.84 Å². The van der Waals surface area contributed by atoms with E-state index < -0.39 is 12.5 Å². The molecular formula is C9H8BrF3O2. The van der Waals surface area contributed by atoms with Gasteiger partial charge in [0.25, 0.3) is 0 Å². The van der Waals surface area contributed by atoms with Crippen LogP contribution < -0.4 is 4.74 Å². The molecule has 0 saturated heterocycles. The van der Waals surface area contributed by atoms with Crippen molar-refractivity contribution in [1.29, 1.82) is 0 Å². The van der Waals surface area contributed by atoms with Gasteiger partial charge in [0.2, 0.25) is 0 Å². The lowest BCUT2D eigenvalue weighted by molar-refractivity contribution is -0.274. The summed E-state index contributed by atoms with van der Waals surface area (Å²) in [5, 5.41) is 9.67. The Kier molecular flexibility index (Phi) is 3.98. The molecule has 0 bridgehead atoms. The molecule has 1 N–H and O–H groups in total. The average molecular weight is 285 g/mol. The van der Waals surface area contributed by atoms with Crippen LogP contribution in [0.25, 0.3) is 0 Å². The molecule has 1 unspecified atom stereocenters. The van der Waals surface area contributed by atoms with E-state index in [4.69, 9.17) is 0 Å². The number of hydrogen-bond donors (Lipinski definition) is 1. The minimum Gasteiger partial charge on any atom is -0.406 e. The quantitative estimate of drug-likeness (QED) is 0.865. The van der Waals surface area contributed by atoms with Crippen LogP contribution in [0.15, 0.2) is 24.3 Å². The third-order valence-corrected chi connectivity index (χ3v) is 2.26. The Morgan fingerprint density at radius 1 is 1.27 bits per heavy atom. The molecular weight excluding hydrogens is 277 g/mol. The third-order valence-electron chi connectivity index (χ3n) is 1.64. The summed E-state index contributed by atoms with van der Waals surface area (Å²) in [4.78, 5) is 0. The van der Waals surface area contributed by atoms with Crippen LogP contribution in [-0.2, 0) is 0 Å². The molecule has 0 amide bonds. The lowest BCUT2D eigenvalue weighted by Gasteiger charge is -2.10. The van der Waals surface area contributed by atoms with Gasteiger partial charge in [0.05, 0.1) is 6.10 Å². The molecule has 1 aromatic carbocycles. The van der Waals surface area contributed by atoms with Gasteiger partial charge >= 0.3 is 6.36 Å². The highest BCUT2D eigenvalue weighted by Crippen LogP contribution is 2.24. The molecule has 0 aliphatic carbocycles. The van der Waals surface area contributed by atoms with Crippen LogP contribution >= 0.6 is 15.9 Å². The molecule has 0 saturated carbocycles. The first-order valence-corrected chi connectivity index (χ1v) is 5.14. The number of ether oxygens (including phenoxy) is 1. The van der Waals surface area contributed by atoms with Gasteiger partial charge in [-0.05, 0) is 17.7 Å². The summed E-state index contributed by atoms with van der Waals surface area (Å²) in [6, 6.07) is 5.09. The average Bonchev–Trinajstić information content (AvgIpc) is 2.15. The number of aliphatic hydroxyl groups is 1. The maximum Gasteiger partial charge on any atom is 0.573 e. The van der Waals surface area contributed by atoms with Gasteiger partial charge in [0.15, 0.2) is 0 Å². The summed E-state index contributed by atoms with van der Waals surface area (Å²) < 4.78 is 39.0. The van der Waals surface area contributed by atoms with Gasteiger partial charge in [0, 0.05) is 5.33 Å². The van der Waals surface area contributed by atoms with E-state index in [-0.39, 0.29) is 5.75 Å². The summed E-state index contributed by atoms with van der Waals surface area (Å²) >= 11 is 3.06. The van der Waals surface area contributed by atoms with E-state index in [1.54, 1.807) is 0 Å². The van der Waals surface area contributed by atoms with Gasteiger partial charge in [0.1, 0.15) is 5.75 Å². The number of alkyl halides is 4. The standard InChI is InChI=1S/C9H8BrF3O2/c10-5-8(14)6-1-3-7(4-2-6)15-9(11,12)13/h1-4,8,14H,5H2. The minimum absolute atomic E-state index is 0.298. The smallest absolute Gasteiger partial charge is 0.406 e. The second kappa shape index (κ2) is 4.85. The number of hydrogen-bond acceptors (Lipinski definition) is 2. The van der Waals surface area contributed by atoms with Crippen molar-refractivity contribution in [3.8, 4) is 5.75 Å². The molecule has 6 heteroatoms. The van der Waals surface area contributed by atoms with Crippen molar-refractivity contribution in [2.75, 3.05) is 5.33 Å². The van der Waals surface area contributed by atoms with Crippen LogP contribution in [0.3, 0.4) is 0 Å². The summed E-state index contributed by atoms with van der Waals surface area (Å²) in [5.41, 5.74) is 0.529. The summed E-state index contributed by atoms with van der Waals surface area (Å²) in [7, 11) is 0. The molecule has 84 valence electrons. The van der Waals surface area contributed by atoms with E-state index >= 15 is 0 Å². The molecule has 15 heavy (non-hydrogen) atoms. The molecule has 0 aliphatic rings. The molecule has 0 aromatic heterocycles. The van der Waals surface area contributed by atoms with Crippen molar-refractivity contribution in [3.63, 3.8) is 0 Å². The molecule has 0 fully saturated rings. The Hall–Kier alpha value is -0.750. The molecule has 0 radical (unpaired) electrons. The predicted octanol–water partition coefficient (Wildman–Crippen LogP) is 3.01. The highest BCUT2D eigenvalue weighted by Gasteiger charge is 2.30. The second-order valence-corrected chi connectivity index (χ2v) is 3.43. The van der Waals surface area contributed by atoms with Crippen LogP contribution in [0, 0.1) is 0 Å². The Labute approximate surface area is 92.8 Å². The van der Waals surface area contributed by atoms with Crippen molar-refractivity contribution >= 4 is 15.9 Å². The fraction of sp³-hybridized carbons (Fsp3) is 0.333. The van der Waals surface area contributed by atoms with E-state index in [2.05, 4.69) is 20.7 Å². The van der Waals surface area contributed by atoms with E-state index in [1.165, 1.54) is 12.1 Å². The molecule has 2 nitrogen and oxygen atoms in total. The van der Waals surface area contributed by atoms with Gasteiger partial charge in [-0.25, -0.2) is 0 Å². The van der Waals surface area contributed by atoms with E-state index in [0.717, 1.165) is 12.1 Å². The van der Waals surface area contributed by atoms with Crippen molar-refractivity contribution in [3.05, 3.63) is 29.8 Å². The molecule has 0 aliphatic heterocycles. The Morgan fingerprint density at radius 3 is 2.20 bits per heavy atom. The van der Waals surface area contributed by atoms with Crippen LogP contribution in [-0.4, -0.2) is 16.8 Å². The van der Waals surface area contributed by atoms with E-state index in [1.807, 2.05) is 0 Å². The number of rotatable bonds is 3. The summed E-state index contributed by atoms with van der Waals surface area (Å²) in [6.45, 7) is 0. The largest absolute Gasteiger partial charge is 0.573 e. The maximum atomic E-state index is 11.8. The van der Waals surface area contributed by atoms with Crippen LogP contribution in [0.2, 0.25) is 0 Å². The van der Waals surface area contributed by atoms with Gasteiger partial charge in [-0.15, -0.1) is 13.2 Å². The second-order valence-electron chi connectivity index (χ2n) is 2.79. The Balaban J connectivity index is 2.72. The van der Waals surface area contributed by atoms with Gasteiger partial charge in [-0.3, -0.25) is 0 Å². The Morgan fingerprint density at radius 2 is 1.80 bits per heavy atom. The molecule has 0 spiro atoms. The molecule has 1 rings (SSSR count). The SMILES string of the molecule is OC(CBr)c1ccc(OC(F)(F)F)cc1. The van der Waals surface area contributed by atoms with E-state index in [9.17, 15) is 18.3 Å². The zero-order valence-corrected chi connectivity index (χ0v) is 9.05. The van der Waals surface area contributed by atoms with Crippen molar-refractivity contribution in [2.24, 2.45) is 0 Å². The van der Waals surface area contributed by atoms with Crippen molar-refractivity contribution in [2.45, 2.75) is 12.5 Å². The fourth-order valence-electron chi connectivity index (χ4n) is 0.981. The normalized spacial score (nSPS) is 13.7. The Bertz CT molecular complexity index is 310. The van der Waals surface area contributed by atoms with Gasteiger partial charge in [-0.2, -0.15) is 0 Å². The number of halogens is 4. The first-order valence-electron chi connectivity index (χ1n) is 4.02. The van der Waals surface area contributed by atoms with E-state index in [0.29, 0.717) is 10.9 Å². The highest BCUT2D eigenvalue weighted by molar-refractivity contribution is 9.09. The zero-order chi connectivity index (χ0) is 11.5. The lowest BCUT2D eigenvalue weighted by atomic mass is 10.1. The van der Waals surface area contributed by atoms with Gasteiger partial charge in [-0.1, -0.05) is 28.1 Å². The lowest BCUT2D eigenvalue weighted by Crippen LogP contribution is -2.17. The first-order chi connectivity index (χ1) is 6.92. The zero-order valence-electron chi connectivity index (χ0n) is 7.46. The van der Waals surface area contributed by atoms with Crippen LogP contribution in [0.1, 0.15) is 11.7 Å². The van der Waals surface area contributed by atoms with Crippen molar-refractivity contribution in [1.82, 2.24) is 0 Å². The summed E-state index contributed by atoms with van der Waals surface area (Å²) in [6.07, 6.45) is -5.42. The molecule has 1 aromatic rings. The van der Waals surface area contributed by atoms with Crippen LogP contribution in [0.4, 0.5) is 13.2 Å². The summed E-state index contributed by atoms with van der Waals surface area (Å²) in [5.74, 6) is -0.298. The monoisotopic (exact) mass is 284 g/mol. The highest BCUT2D eigenvalue weighted by atomic mass is 79.9. The van der Waals surface area contributed by atoms with Crippen molar-refractivity contribution < 1.29 is 23.0 Å². The predicted molar refractivity (Wildman–Crippen MR) is 51.9 cm³/mol. The molecule has 0 heterocycles. The first kappa shape index (κ1) is 12.3. The third kappa shape index (κ3) is 4.09. The molecule has 1 atom stereocenters. The maximum absolute atomic E-state index is 11.8. The topological polar surface area (TPSA) is 29.5 Å². The minimum atomic E-state index is -4.68. The van der Waals surface area contributed by atoms with Crippen LogP contribution in [0.5, 0.6) is 5.75 Å². The fourth-order valence-corrected chi connectivity index (χ4v) is 1.35. The number of aliphatic hydroxyl groups excluding tert-OH is 1.